The zero-order chi connectivity index (χ0) is 25.3. The molecule has 1 saturated heterocycles. The van der Waals surface area contributed by atoms with Gasteiger partial charge in [0.25, 0.3) is 5.97 Å². The van der Waals surface area contributed by atoms with Crippen LogP contribution in [0, 0.1) is 0 Å². The highest BCUT2D eigenvalue weighted by Gasteiger charge is 2.60. The van der Waals surface area contributed by atoms with Crippen LogP contribution in [0.1, 0.15) is 91.5 Å². The van der Waals surface area contributed by atoms with Crippen molar-refractivity contribution in [2.75, 3.05) is 0 Å². The zero-order valence-electron chi connectivity index (χ0n) is 22.3. The maximum absolute atomic E-state index is 13.4. The van der Waals surface area contributed by atoms with Crippen molar-refractivity contribution in [2.24, 2.45) is 0 Å². The molecular formula is C29H38BO4-. The summed E-state index contributed by atoms with van der Waals surface area (Å²) in [6.07, 6.45) is 0. The molecule has 2 aliphatic rings. The number of carbonyl (C=O) groups is 1. The maximum Gasteiger partial charge on any atom is 0.470 e. The predicted molar refractivity (Wildman–Crippen MR) is 139 cm³/mol. The first-order valence-electron chi connectivity index (χ1n) is 12.2. The summed E-state index contributed by atoms with van der Waals surface area (Å²) in [5, 5.41) is 0. The Morgan fingerprint density at radius 2 is 1.03 bits per heavy atom. The van der Waals surface area contributed by atoms with Crippen LogP contribution >= 0.6 is 0 Å². The highest BCUT2D eigenvalue weighted by Crippen LogP contribution is 2.52. The maximum atomic E-state index is 13.4. The molecule has 0 N–H and O–H groups in total. The van der Waals surface area contributed by atoms with Crippen molar-refractivity contribution >= 4 is 23.8 Å². The van der Waals surface area contributed by atoms with Crippen LogP contribution in [0.15, 0.2) is 48.5 Å². The Morgan fingerprint density at radius 1 is 0.647 bits per heavy atom. The third kappa shape index (κ3) is 4.03. The third-order valence-corrected chi connectivity index (χ3v) is 7.54. The van der Waals surface area contributed by atoms with E-state index in [-0.39, 0.29) is 10.8 Å². The summed E-state index contributed by atoms with van der Waals surface area (Å²) < 4.78 is 19.0. The molecule has 0 aromatic heterocycles. The minimum absolute atomic E-state index is 0.0194. The molecular weight excluding hydrogens is 423 g/mol. The summed E-state index contributed by atoms with van der Waals surface area (Å²) in [6, 6.07) is 16.5. The van der Waals surface area contributed by atoms with Gasteiger partial charge in [-0.15, -0.1) is 0 Å². The smallest absolute Gasteiger partial charge is 0.470 e. The van der Waals surface area contributed by atoms with Gasteiger partial charge in [-0.1, -0.05) is 101 Å². The summed E-state index contributed by atoms with van der Waals surface area (Å²) in [5.41, 5.74) is 4.06. The topological polar surface area (TPSA) is 44.8 Å². The molecule has 2 aromatic rings. The molecule has 2 heterocycles. The second-order valence-corrected chi connectivity index (χ2v) is 12.7. The molecule has 1 fully saturated rings. The lowest BCUT2D eigenvalue weighted by Crippen LogP contribution is -2.42. The van der Waals surface area contributed by atoms with Crippen molar-refractivity contribution < 1.29 is 18.8 Å². The molecule has 4 nitrogen and oxygen atoms in total. The highest BCUT2D eigenvalue weighted by molar-refractivity contribution is 6.89. The number of benzene rings is 2. The van der Waals surface area contributed by atoms with Crippen LogP contribution in [-0.2, 0) is 29.6 Å². The number of hydrogen-bond acceptors (Lipinski definition) is 4. The van der Waals surface area contributed by atoms with E-state index in [2.05, 4.69) is 77.9 Å². The molecule has 0 unspecified atom stereocenters. The predicted octanol–water partition coefficient (Wildman–Crippen LogP) is 6.83. The van der Waals surface area contributed by atoms with E-state index in [0.717, 1.165) is 11.1 Å². The van der Waals surface area contributed by atoms with E-state index in [1.54, 1.807) is 0 Å². The fraction of sp³-hybridized carbons (Fsp3) is 0.483. The summed E-state index contributed by atoms with van der Waals surface area (Å²) >= 11 is 0. The second kappa shape index (κ2) is 7.57. The Labute approximate surface area is 204 Å². The van der Waals surface area contributed by atoms with E-state index in [1.807, 2.05) is 39.8 Å². The average Bonchev–Trinajstić information content (AvgIpc) is 3.06. The Morgan fingerprint density at radius 3 is 1.41 bits per heavy atom. The molecule has 0 bridgehead atoms. The molecule has 0 amide bonds. The summed E-state index contributed by atoms with van der Waals surface area (Å²) in [5.74, 6) is -0.410. The fourth-order valence-corrected chi connectivity index (χ4v) is 4.70. The quantitative estimate of drug-likeness (QED) is 0.460. The molecule has 182 valence electrons. The van der Waals surface area contributed by atoms with Crippen LogP contribution < -0.4 is 0 Å². The molecule has 2 aromatic carbocycles. The highest BCUT2D eigenvalue weighted by atomic mass is 16.8. The van der Waals surface area contributed by atoms with Gasteiger partial charge in [0.15, 0.2) is 0 Å². The van der Waals surface area contributed by atoms with Crippen molar-refractivity contribution in [1.82, 2.24) is 0 Å². The number of carbonyl (C=O) groups excluding carboxylic acids is 1. The van der Waals surface area contributed by atoms with E-state index >= 15 is 0 Å². The molecule has 0 radical (unpaired) electrons. The van der Waals surface area contributed by atoms with Gasteiger partial charge in [0.05, 0.1) is 0 Å². The van der Waals surface area contributed by atoms with Crippen molar-refractivity contribution in [3.63, 3.8) is 0 Å². The second-order valence-electron chi connectivity index (χ2n) is 12.7. The van der Waals surface area contributed by atoms with E-state index in [4.69, 9.17) is 14.0 Å². The van der Waals surface area contributed by atoms with Gasteiger partial charge in [-0.25, -0.2) is 0 Å². The molecule has 2 aliphatic heterocycles. The van der Waals surface area contributed by atoms with Gasteiger partial charge in [0.2, 0.25) is 0 Å². The molecule has 0 atom stereocenters. The van der Waals surface area contributed by atoms with Gasteiger partial charge in [-0.05, 0) is 55.2 Å². The van der Waals surface area contributed by atoms with Gasteiger partial charge in [0.1, 0.15) is 0 Å². The van der Waals surface area contributed by atoms with Crippen LogP contribution in [0.3, 0.4) is 0 Å². The lowest BCUT2D eigenvalue weighted by Gasteiger charge is -2.36. The summed E-state index contributed by atoms with van der Waals surface area (Å²) in [7, 11) is 0. The van der Waals surface area contributed by atoms with Crippen molar-refractivity contribution in [3.05, 3.63) is 70.8 Å². The summed E-state index contributed by atoms with van der Waals surface area (Å²) in [6.45, 7) is 18.6. The average molecular weight is 461 g/mol. The Bertz CT molecular complexity index is 1120. The molecule has 0 aliphatic carbocycles. The van der Waals surface area contributed by atoms with Crippen molar-refractivity contribution in [1.29, 1.82) is 0 Å². The van der Waals surface area contributed by atoms with Gasteiger partial charge in [-0.3, -0.25) is 4.79 Å². The Kier molecular flexibility index (Phi) is 5.51. The minimum atomic E-state index is -2.45. The summed E-state index contributed by atoms with van der Waals surface area (Å²) in [4.78, 5) is 13.4. The minimum Gasteiger partial charge on any atom is -0.636 e. The Hall–Kier alpha value is -2.37. The molecule has 4 rings (SSSR count). The SMILES string of the molecule is CC(C)(C)c1ccc(C2=C(c3ccc(C(C)(C)C)cc3)[B-]3(OC2=O)OC(C)(C)C(C)(C)O3)cc1. The lowest BCUT2D eigenvalue weighted by atomic mass is 9.64. The molecule has 1 spiro atoms. The zero-order valence-corrected chi connectivity index (χ0v) is 22.3. The van der Waals surface area contributed by atoms with Gasteiger partial charge >= 0.3 is 6.75 Å². The van der Waals surface area contributed by atoms with Gasteiger partial charge in [0, 0.05) is 16.8 Å². The monoisotopic (exact) mass is 461 g/mol. The number of hydrogen-bond donors (Lipinski definition) is 0. The standard InChI is InChI=1S/C29H38BO4/c1-26(2,3)21-15-11-19(12-16-21)23-24(20-13-17-22(18-14-20)27(4,5)6)30(32-25(23)31)33-28(7,8)29(9,10)34-30/h11-18H,1-10H3/q-1. The Balaban J connectivity index is 1.93. The first-order valence-corrected chi connectivity index (χ1v) is 12.2. The first kappa shape index (κ1) is 24.7. The molecule has 34 heavy (non-hydrogen) atoms. The molecule has 5 heteroatoms. The van der Waals surface area contributed by atoms with E-state index in [9.17, 15) is 4.79 Å². The number of rotatable bonds is 2. The van der Waals surface area contributed by atoms with Crippen LogP contribution in [0.4, 0.5) is 0 Å². The van der Waals surface area contributed by atoms with Crippen LogP contribution in [0.5, 0.6) is 0 Å². The fourth-order valence-electron chi connectivity index (χ4n) is 4.70. The van der Waals surface area contributed by atoms with Crippen molar-refractivity contribution in [2.45, 2.75) is 91.3 Å². The van der Waals surface area contributed by atoms with Crippen LogP contribution in [-0.4, -0.2) is 23.9 Å². The van der Waals surface area contributed by atoms with E-state index < -0.39 is 23.9 Å². The lowest BCUT2D eigenvalue weighted by molar-refractivity contribution is -0.130. The van der Waals surface area contributed by atoms with Crippen LogP contribution in [0.25, 0.3) is 11.0 Å². The van der Waals surface area contributed by atoms with Crippen LogP contribution in [0.2, 0.25) is 0 Å². The van der Waals surface area contributed by atoms with Gasteiger partial charge < -0.3 is 14.0 Å². The largest absolute Gasteiger partial charge is 0.636 e. The van der Waals surface area contributed by atoms with E-state index in [1.165, 1.54) is 11.1 Å². The first-order chi connectivity index (χ1) is 15.5. The normalized spacial score (nSPS) is 21.3. The third-order valence-electron chi connectivity index (χ3n) is 7.54. The van der Waals surface area contributed by atoms with Gasteiger partial charge in [-0.2, -0.15) is 0 Å². The molecule has 0 saturated carbocycles. The van der Waals surface area contributed by atoms with E-state index in [0.29, 0.717) is 11.0 Å². The van der Waals surface area contributed by atoms with Crippen molar-refractivity contribution in [3.8, 4) is 0 Å².